The lowest BCUT2D eigenvalue weighted by atomic mass is 10.2. The maximum absolute atomic E-state index is 12.2. The minimum absolute atomic E-state index is 0.0566. The Hall–Kier alpha value is -2.18. The average Bonchev–Trinajstić information content (AvgIpc) is 3.09. The summed E-state index contributed by atoms with van der Waals surface area (Å²) in [5, 5.41) is 5.77. The van der Waals surface area contributed by atoms with Crippen molar-refractivity contribution in [3.05, 3.63) is 57.3 Å². The zero-order valence-corrected chi connectivity index (χ0v) is 14.0. The van der Waals surface area contributed by atoms with Gasteiger partial charge in [-0.2, -0.15) is 0 Å². The molecule has 0 amide bonds. The lowest BCUT2D eigenvalue weighted by molar-refractivity contribution is 0.201. The number of aryl methyl sites for hydroxylation is 1. The Kier molecular flexibility index (Phi) is 4.73. The fraction of sp³-hybridized carbons (Fsp3) is 0.294. The molecule has 0 radical (unpaired) electrons. The second-order valence-electron chi connectivity index (χ2n) is 5.33. The molecule has 1 unspecified atom stereocenters. The zero-order valence-electron chi connectivity index (χ0n) is 13.2. The van der Waals surface area contributed by atoms with Crippen molar-refractivity contribution in [2.75, 3.05) is 13.6 Å². The number of benzene rings is 1. The monoisotopic (exact) mass is 329 g/mol. The molecule has 1 N–H and O–H groups in total. The van der Waals surface area contributed by atoms with Crippen molar-refractivity contribution >= 4 is 22.2 Å². The van der Waals surface area contributed by atoms with Gasteiger partial charge in [0.2, 0.25) is 0 Å². The summed E-state index contributed by atoms with van der Waals surface area (Å²) in [4.78, 5) is 17.8. The van der Waals surface area contributed by atoms with Crippen LogP contribution in [0.5, 0.6) is 5.75 Å². The van der Waals surface area contributed by atoms with Crippen LogP contribution in [0.2, 0.25) is 0 Å². The molecule has 5 nitrogen and oxygen atoms in total. The number of ether oxygens (including phenoxy) is 1. The zero-order chi connectivity index (χ0) is 16.2. The van der Waals surface area contributed by atoms with E-state index in [0.717, 1.165) is 13.0 Å². The summed E-state index contributed by atoms with van der Waals surface area (Å²) in [5.41, 5.74) is 0.546. The lowest BCUT2D eigenvalue weighted by Crippen LogP contribution is -2.18. The molecule has 3 aromatic rings. The third kappa shape index (κ3) is 3.28. The number of hydrogen-bond donors (Lipinski definition) is 1. The number of nitrogens with one attached hydrogen (secondary N) is 1. The summed E-state index contributed by atoms with van der Waals surface area (Å²) in [7, 11) is 3.62. The fourth-order valence-corrected chi connectivity index (χ4v) is 3.26. The molecule has 0 aliphatic carbocycles. The first-order valence-corrected chi connectivity index (χ1v) is 8.37. The molecule has 0 aliphatic rings. The van der Waals surface area contributed by atoms with Crippen LogP contribution in [-0.4, -0.2) is 23.1 Å². The number of para-hydroxylation sites is 1. The minimum atomic E-state index is -0.0663. The van der Waals surface area contributed by atoms with E-state index in [9.17, 15) is 4.79 Å². The van der Waals surface area contributed by atoms with Crippen LogP contribution in [0.15, 0.2) is 46.8 Å². The van der Waals surface area contributed by atoms with Crippen molar-refractivity contribution in [3.63, 3.8) is 0 Å². The predicted molar refractivity (Wildman–Crippen MR) is 93.2 cm³/mol. The molecule has 6 heteroatoms. The molecule has 0 saturated carbocycles. The molecule has 2 aromatic heterocycles. The normalized spacial score (nSPS) is 12.4. The van der Waals surface area contributed by atoms with Gasteiger partial charge < -0.3 is 14.6 Å². The lowest BCUT2D eigenvalue weighted by Gasteiger charge is -2.19. The Morgan fingerprint density at radius 3 is 2.96 bits per heavy atom. The third-order valence-electron chi connectivity index (χ3n) is 3.70. The molecule has 0 saturated heterocycles. The van der Waals surface area contributed by atoms with E-state index in [-0.39, 0.29) is 11.7 Å². The highest BCUT2D eigenvalue weighted by atomic mass is 32.1. The Morgan fingerprint density at radius 2 is 2.22 bits per heavy atom. The van der Waals surface area contributed by atoms with E-state index < -0.39 is 0 Å². The summed E-state index contributed by atoms with van der Waals surface area (Å²) in [6.45, 7) is 0.850. The average molecular weight is 329 g/mol. The number of thiophene rings is 1. The van der Waals surface area contributed by atoms with E-state index in [1.54, 1.807) is 24.5 Å². The number of rotatable bonds is 6. The van der Waals surface area contributed by atoms with Gasteiger partial charge in [-0.1, -0.05) is 12.1 Å². The van der Waals surface area contributed by atoms with Gasteiger partial charge in [-0.15, -0.1) is 11.3 Å². The molecular weight excluding hydrogens is 310 g/mol. The molecule has 0 bridgehead atoms. The first-order valence-electron chi connectivity index (χ1n) is 7.49. The van der Waals surface area contributed by atoms with Gasteiger partial charge in [-0.05, 0) is 37.2 Å². The summed E-state index contributed by atoms with van der Waals surface area (Å²) in [5.74, 6) is 0.648. The van der Waals surface area contributed by atoms with Crippen molar-refractivity contribution in [1.82, 2.24) is 14.9 Å². The first kappa shape index (κ1) is 15.7. The molecular formula is C17H19N3O2S. The fourth-order valence-electron chi connectivity index (χ4n) is 2.47. The van der Waals surface area contributed by atoms with Crippen LogP contribution < -0.4 is 15.6 Å². The molecule has 2 heterocycles. The Morgan fingerprint density at radius 1 is 1.35 bits per heavy atom. The standard InChI is InChI=1S/C17H19N3O2S/c1-18-9-8-13(15-7-4-10-23-15)22-14-6-3-5-12-16(14)19-11-20(2)17(12)21/h3-7,10-11,13,18H,8-9H2,1-2H3. The highest BCUT2D eigenvalue weighted by Gasteiger charge is 2.17. The minimum Gasteiger partial charge on any atom is -0.483 e. The maximum Gasteiger partial charge on any atom is 0.261 e. The van der Waals surface area contributed by atoms with E-state index >= 15 is 0 Å². The predicted octanol–water partition coefficient (Wildman–Crippen LogP) is 2.72. The van der Waals surface area contributed by atoms with Gasteiger partial charge in [0.25, 0.3) is 5.56 Å². The number of nitrogens with zero attached hydrogens (tertiary/aromatic N) is 2. The smallest absolute Gasteiger partial charge is 0.261 e. The van der Waals surface area contributed by atoms with E-state index in [2.05, 4.69) is 16.4 Å². The Balaban J connectivity index is 1.99. The second kappa shape index (κ2) is 6.93. The third-order valence-corrected chi connectivity index (χ3v) is 4.66. The van der Waals surface area contributed by atoms with Gasteiger partial charge in [0.1, 0.15) is 17.4 Å². The van der Waals surface area contributed by atoms with Crippen molar-refractivity contribution in [1.29, 1.82) is 0 Å². The van der Waals surface area contributed by atoms with E-state index in [1.165, 1.54) is 15.8 Å². The number of aromatic nitrogens is 2. The Labute approximate surface area is 138 Å². The largest absolute Gasteiger partial charge is 0.483 e. The summed E-state index contributed by atoms with van der Waals surface area (Å²) in [6, 6.07) is 9.58. The van der Waals surface area contributed by atoms with Gasteiger partial charge in [0.05, 0.1) is 11.7 Å². The molecule has 0 spiro atoms. The molecule has 3 rings (SSSR count). The van der Waals surface area contributed by atoms with Gasteiger partial charge in [0, 0.05) is 18.3 Å². The van der Waals surface area contributed by atoms with Gasteiger partial charge in [0.15, 0.2) is 0 Å². The van der Waals surface area contributed by atoms with Gasteiger partial charge >= 0.3 is 0 Å². The van der Waals surface area contributed by atoms with Gasteiger partial charge in [-0.25, -0.2) is 4.98 Å². The second-order valence-corrected chi connectivity index (χ2v) is 6.31. The molecule has 120 valence electrons. The van der Waals surface area contributed by atoms with Crippen molar-refractivity contribution in [2.45, 2.75) is 12.5 Å². The maximum atomic E-state index is 12.2. The van der Waals surface area contributed by atoms with E-state index in [4.69, 9.17) is 4.74 Å². The molecule has 1 aromatic carbocycles. The van der Waals surface area contributed by atoms with Crippen LogP contribution in [0.3, 0.4) is 0 Å². The number of hydrogen-bond acceptors (Lipinski definition) is 5. The first-order chi connectivity index (χ1) is 11.2. The molecule has 1 atom stereocenters. The van der Waals surface area contributed by atoms with E-state index in [0.29, 0.717) is 16.7 Å². The summed E-state index contributed by atoms with van der Waals surface area (Å²) >= 11 is 1.67. The van der Waals surface area contributed by atoms with Crippen molar-refractivity contribution in [3.8, 4) is 5.75 Å². The number of fused-ring (bicyclic) bond motifs is 1. The highest BCUT2D eigenvalue weighted by Crippen LogP contribution is 2.30. The quantitative estimate of drug-likeness (QED) is 0.755. The van der Waals surface area contributed by atoms with Crippen LogP contribution in [0, 0.1) is 0 Å². The molecule has 0 fully saturated rings. The van der Waals surface area contributed by atoms with Gasteiger partial charge in [-0.3, -0.25) is 4.79 Å². The van der Waals surface area contributed by atoms with Crippen LogP contribution in [0.25, 0.3) is 10.9 Å². The van der Waals surface area contributed by atoms with Crippen LogP contribution in [-0.2, 0) is 7.05 Å². The molecule has 0 aliphatic heterocycles. The highest BCUT2D eigenvalue weighted by molar-refractivity contribution is 7.10. The van der Waals surface area contributed by atoms with Crippen LogP contribution in [0.4, 0.5) is 0 Å². The summed E-state index contributed by atoms with van der Waals surface area (Å²) < 4.78 is 7.70. The SMILES string of the molecule is CNCCC(Oc1cccc2c(=O)n(C)cnc12)c1cccs1. The van der Waals surface area contributed by atoms with Crippen molar-refractivity contribution < 1.29 is 4.74 Å². The Bertz CT molecular complexity index is 843. The van der Waals surface area contributed by atoms with E-state index in [1.807, 2.05) is 30.6 Å². The van der Waals surface area contributed by atoms with Crippen LogP contribution in [0.1, 0.15) is 17.4 Å². The molecule has 23 heavy (non-hydrogen) atoms. The summed E-state index contributed by atoms with van der Waals surface area (Å²) in [6.07, 6.45) is 2.32. The van der Waals surface area contributed by atoms with Crippen LogP contribution >= 0.6 is 11.3 Å². The topological polar surface area (TPSA) is 56.1 Å². The van der Waals surface area contributed by atoms with Crippen molar-refractivity contribution in [2.24, 2.45) is 7.05 Å².